The fraction of sp³-hybridized carbons (Fsp3) is 1.00. The minimum absolute atomic E-state index is 0.644. The number of hydrogen-bond donors (Lipinski definition) is 2. The molecule has 0 aliphatic heterocycles. The summed E-state index contributed by atoms with van der Waals surface area (Å²) in [6.07, 6.45) is 22.6. The van der Waals surface area contributed by atoms with E-state index in [0.29, 0.717) is 12.8 Å². The number of rotatable bonds is 22. The monoisotopic (exact) mass is 386 g/mol. The van der Waals surface area contributed by atoms with E-state index in [-0.39, 0.29) is 0 Å². The highest BCUT2D eigenvalue weighted by atomic mass is 16.7. The Balaban J connectivity index is 3.30. The fourth-order valence-electron chi connectivity index (χ4n) is 3.58. The van der Waals surface area contributed by atoms with Crippen LogP contribution in [0.4, 0.5) is 0 Å². The molecule has 0 bridgehead atoms. The van der Waals surface area contributed by atoms with E-state index in [1.165, 1.54) is 89.9 Å². The molecule has 0 aliphatic rings. The van der Waals surface area contributed by atoms with E-state index in [9.17, 15) is 10.2 Å². The minimum Gasteiger partial charge on any atom is -0.368 e. The van der Waals surface area contributed by atoms with Gasteiger partial charge in [0.15, 0.2) is 12.6 Å². The van der Waals surface area contributed by atoms with E-state index in [2.05, 4.69) is 13.8 Å². The number of aliphatic hydroxyl groups is 2. The Morgan fingerprint density at radius 2 is 0.704 bits per heavy atom. The maximum absolute atomic E-state index is 9.88. The van der Waals surface area contributed by atoms with Gasteiger partial charge in [0, 0.05) is 0 Å². The summed E-state index contributed by atoms with van der Waals surface area (Å²) in [4.78, 5) is 0. The molecule has 0 aromatic rings. The quantitative estimate of drug-likeness (QED) is 0.150. The minimum atomic E-state index is -0.803. The van der Waals surface area contributed by atoms with Crippen LogP contribution in [0, 0.1) is 0 Å². The van der Waals surface area contributed by atoms with Crippen LogP contribution < -0.4 is 0 Å². The number of aliphatic hydroxyl groups excluding tert-OH is 2. The van der Waals surface area contributed by atoms with E-state index in [4.69, 9.17) is 4.74 Å². The summed E-state index contributed by atoms with van der Waals surface area (Å²) in [7, 11) is 0. The molecule has 0 spiro atoms. The molecule has 2 N–H and O–H groups in total. The van der Waals surface area contributed by atoms with Crippen molar-refractivity contribution in [2.24, 2.45) is 0 Å². The first-order valence-electron chi connectivity index (χ1n) is 12.2. The van der Waals surface area contributed by atoms with E-state index in [1.54, 1.807) is 0 Å². The molecule has 3 heteroatoms. The third kappa shape index (κ3) is 22.0. The average Bonchev–Trinajstić information content (AvgIpc) is 2.65. The highest BCUT2D eigenvalue weighted by Crippen LogP contribution is 2.15. The van der Waals surface area contributed by atoms with E-state index in [1.807, 2.05) is 0 Å². The third-order valence-corrected chi connectivity index (χ3v) is 5.42. The van der Waals surface area contributed by atoms with Crippen molar-refractivity contribution >= 4 is 0 Å². The molecule has 0 aromatic heterocycles. The van der Waals surface area contributed by atoms with Gasteiger partial charge in [-0.25, -0.2) is 0 Å². The molecule has 2 atom stereocenters. The van der Waals surface area contributed by atoms with Gasteiger partial charge in [-0.2, -0.15) is 0 Å². The number of hydrogen-bond acceptors (Lipinski definition) is 3. The van der Waals surface area contributed by atoms with Gasteiger partial charge >= 0.3 is 0 Å². The lowest BCUT2D eigenvalue weighted by Crippen LogP contribution is -2.21. The molecular formula is C24H50O3. The highest BCUT2D eigenvalue weighted by Gasteiger charge is 2.11. The second-order valence-corrected chi connectivity index (χ2v) is 8.28. The second kappa shape index (κ2) is 22.2. The van der Waals surface area contributed by atoms with E-state index < -0.39 is 12.6 Å². The molecule has 0 radical (unpaired) electrons. The van der Waals surface area contributed by atoms with Gasteiger partial charge in [-0.05, 0) is 25.7 Å². The molecule has 0 fully saturated rings. The zero-order valence-corrected chi connectivity index (χ0v) is 18.6. The highest BCUT2D eigenvalue weighted by molar-refractivity contribution is 4.52. The van der Waals surface area contributed by atoms with Crippen molar-refractivity contribution in [3.63, 3.8) is 0 Å². The molecule has 0 saturated carbocycles. The zero-order chi connectivity index (χ0) is 20.0. The van der Waals surface area contributed by atoms with E-state index >= 15 is 0 Å². The Labute approximate surface area is 170 Å². The molecule has 0 saturated heterocycles. The first-order chi connectivity index (χ1) is 13.2. The summed E-state index contributed by atoms with van der Waals surface area (Å²) in [6, 6.07) is 0. The maximum atomic E-state index is 9.88. The van der Waals surface area contributed by atoms with Crippen LogP contribution in [0.25, 0.3) is 0 Å². The summed E-state index contributed by atoms with van der Waals surface area (Å²) < 4.78 is 5.31. The van der Waals surface area contributed by atoms with Crippen LogP contribution in [-0.4, -0.2) is 22.8 Å². The summed E-state index contributed by atoms with van der Waals surface area (Å²) in [5.41, 5.74) is 0. The smallest absolute Gasteiger partial charge is 0.157 e. The fourth-order valence-corrected chi connectivity index (χ4v) is 3.58. The predicted molar refractivity (Wildman–Crippen MR) is 117 cm³/mol. The van der Waals surface area contributed by atoms with Crippen LogP contribution in [0.1, 0.15) is 142 Å². The van der Waals surface area contributed by atoms with Crippen molar-refractivity contribution in [1.29, 1.82) is 0 Å². The molecule has 0 rings (SSSR count). The summed E-state index contributed by atoms with van der Waals surface area (Å²) in [5.74, 6) is 0. The van der Waals surface area contributed by atoms with Crippen LogP contribution in [-0.2, 0) is 4.74 Å². The standard InChI is InChI=1S/C24H50O3/c1-3-5-7-9-11-13-15-17-19-21-23(25)27-24(26)22-20-18-16-14-12-10-8-6-4-2/h23-26H,3-22H2,1-2H3. The molecule has 0 heterocycles. The number of unbranched alkanes of at least 4 members (excludes halogenated alkanes) is 16. The molecule has 3 nitrogen and oxygen atoms in total. The lowest BCUT2D eigenvalue weighted by molar-refractivity contribution is -0.212. The van der Waals surface area contributed by atoms with Crippen molar-refractivity contribution in [1.82, 2.24) is 0 Å². The van der Waals surface area contributed by atoms with Gasteiger partial charge in [-0.1, -0.05) is 117 Å². The molecular weight excluding hydrogens is 336 g/mol. The average molecular weight is 387 g/mol. The predicted octanol–water partition coefficient (Wildman–Crippen LogP) is 7.48. The first-order valence-corrected chi connectivity index (χ1v) is 12.2. The topological polar surface area (TPSA) is 49.7 Å². The van der Waals surface area contributed by atoms with Gasteiger partial charge in [0.1, 0.15) is 0 Å². The lowest BCUT2D eigenvalue weighted by Gasteiger charge is -2.17. The Hall–Kier alpha value is -0.120. The van der Waals surface area contributed by atoms with Gasteiger partial charge in [0.05, 0.1) is 0 Å². The van der Waals surface area contributed by atoms with Crippen molar-refractivity contribution in [3.8, 4) is 0 Å². The maximum Gasteiger partial charge on any atom is 0.157 e. The van der Waals surface area contributed by atoms with Crippen molar-refractivity contribution < 1.29 is 14.9 Å². The zero-order valence-electron chi connectivity index (χ0n) is 18.6. The Morgan fingerprint density at radius 1 is 0.444 bits per heavy atom. The van der Waals surface area contributed by atoms with Crippen LogP contribution in [0.3, 0.4) is 0 Å². The molecule has 0 aromatic carbocycles. The summed E-state index contributed by atoms with van der Waals surface area (Å²) >= 11 is 0. The van der Waals surface area contributed by atoms with Gasteiger partial charge in [0.25, 0.3) is 0 Å². The van der Waals surface area contributed by atoms with Gasteiger partial charge in [0.2, 0.25) is 0 Å². The molecule has 27 heavy (non-hydrogen) atoms. The molecule has 0 aliphatic carbocycles. The number of ether oxygens (including phenoxy) is 1. The van der Waals surface area contributed by atoms with E-state index in [0.717, 1.165) is 25.7 Å². The van der Waals surface area contributed by atoms with Gasteiger partial charge < -0.3 is 14.9 Å². The Bertz CT molecular complexity index is 244. The SMILES string of the molecule is CCCCCCCCCCCC(O)OC(O)CCCCCCCCCCC. The second-order valence-electron chi connectivity index (χ2n) is 8.28. The van der Waals surface area contributed by atoms with Crippen molar-refractivity contribution in [2.75, 3.05) is 0 Å². The van der Waals surface area contributed by atoms with Crippen LogP contribution in [0.15, 0.2) is 0 Å². The van der Waals surface area contributed by atoms with Crippen molar-refractivity contribution in [3.05, 3.63) is 0 Å². The van der Waals surface area contributed by atoms with Crippen LogP contribution in [0.5, 0.6) is 0 Å². The third-order valence-electron chi connectivity index (χ3n) is 5.42. The lowest BCUT2D eigenvalue weighted by atomic mass is 10.1. The van der Waals surface area contributed by atoms with Crippen LogP contribution >= 0.6 is 0 Å². The van der Waals surface area contributed by atoms with Crippen molar-refractivity contribution in [2.45, 2.75) is 155 Å². The largest absolute Gasteiger partial charge is 0.368 e. The summed E-state index contributed by atoms with van der Waals surface area (Å²) in [5, 5.41) is 19.8. The van der Waals surface area contributed by atoms with Gasteiger partial charge in [-0.3, -0.25) is 0 Å². The Kier molecular flexibility index (Phi) is 22.1. The van der Waals surface area contributed by atoms with Crippen LogP contribution in [0.2, 0.25) is 0 Å². The molecule has 164 valence electrons. The van der Waals surface area contributed by atoms with Gasteiger partial charge in [-0.15, -0.1) is 0 Å². The Morgan fingerprint density at radius 3 is 1.00 bits per heavy atom. The normalized spacial score (nSPS) is 13.8. The molecule has 2 unspecified atom stereocenters. The first kappa shape index (κ1) is 26.9. The summed E-state index contributed by atoms with van der Waals surface area (Å²) in [6.45, 7) is 4.50. The molecule has 0 amide bonds.